The lowest BCUT2D eigenvalue weighted by atomic mass is 10.1. The van der Waals surface area contributed by atoms with Gasteiger partial charge in [-0.1, -0.05) is 27.7 Å². The zero-order valence-electron chi connectivity index (χ0n) is 9.20. The van der Waals surface area contributed by atoms with Crippen molar-refractivity contribution >= 4 is 5.82 Å². The molecule has 0 aromatic carbocycles. The molecule has 0 aliphatic heterocycles. The highest BCUT2D eigenvalue weighted by molar-refractivity contribution is 5.23. The van der Waals surface area contributed by atoms with Gasteiger partial charge in [0.15, 0.2) is 0 Å². The SMILES string of the molecule is CC.CC(C)c1cnc(N)cn1.N=N. The summed E-state index contributed by atoms with van der Waals surface area (Å²) in [6.45, 7) is 8.14. The smallest absolute Gasteiger partial charge is 0.141 e. The molecule has 0 saturated heterocycles. The fourth-order valence-electron chi connectivity index (χ4n) is 0.646. The average molecular weight is 197 g/mol. The molecule has 14 heavy (non-hydrogen) atoms. The van der Waals surface area contributed by atoms with Crippen LogP contribution in [0.1, 0.15) is 39.3 Å². The topological polar surface area (TPSA) is 99.5 Å². The standard InChI is InChI=1S/C7H11N3.C2H6.H2N2/c1-5(2)6-3-10-7(8)4-9-6;2*1-2/h3-5H,1-2H3,(H2,8,10);1-2H3;1-2H. The van der Waals surface area contributed by atoms with Gasteiger partial charge in [-0.2, -0.15) is 0 Å². The van der Waals surface area contributed by atoms with E-state index in [0.717, 1.165) is 5.69 Å². The molecule has 1 heterocycles. The number of nitrogens with one attached hydrogen (secondary N) is 2. The van der Waals surface area contributed by atoms with E-state index >= 15 is 0 Å². The minimum absolute atomic E-state index is 0.424. The van der Waals surface area contributed by atoms with E-state index in [2.05, 4.69) is 23.8 Å². The van der Waals surface area contributed by atoms with E-state index in [-0.39, 0.29) is 0 Å². The van der Waals surface area contributed by atoms with Crippen LogP contribution >= 0.6 is 0 Å². The minimum Gasteiger partial charge on any atom is -0.382 e. The molecule has 0 aliphatic carbocycles. The van der Waals surface area contributed by atoms with E-state index in [9.17, 15) is 0 Å². The molecule has 80 valence electrons. The summed E-state index contributed by atoms with van der Waals surface area (Å²) >= 11 is 0. The van der Waals surface area contributed by atoms with Crippen LogP contribution in [0.15, 0.2) is 12.4 Å². The first-order chi connectivity index (χ1) is 6.70. The zero-order chi connectivity index (χ0) is 11.6. The highest BCUT2D eigenvalue weighted by Gasteiger charge is 1.98. The molecule has 0 radical (unpaired) electrons. The van der Waals surface area contributed by atoms with Crippen LogP contribution in [0.2, 0.25) is 0 Å². The number of nitrogen functional groups attached to an aromatic ring is 1. The summed E-state index contributed by atoms with van der Waals surface area (Å²) in [6.07, 6.45) is 3.29. The summed E-state index contributed by atoms with van der Waals surface area (Å²) in [7, 11) is 0. The molecule has 1 rings (SSSR count). The van der Waals surface area contributed by atoms with Crippen molar-refractivity contribution in [2.75, 3.05) is 5.73 Å². The molecule has 1 aromatic heterocycles. The maximum Gasteiger partial charge on any atom is 0.141 e. The number of hydrogen-bond donors (Lipinski definition) is 3. The molecule has 4 N–H and O–H groups in total. The third-order valence-corrected chi connectivity index (χ3v) is 1.28. The van der Waals surface area contributed by atoms with E-state index in [0.29, 0.717) is 11.7 Å². The van der Waals surface area contributed by atoms with Crippen LogP contribution in [-0.4, -0.2) is 9.97 Å². The van der Waals surface area contributed by atoms with Crippen molar-refractivity contribution in [2.24, 2.45) is 0 Å². The van der Waals surface area contributed by atoms with Crippen molar-refractivity contribution in [1.29, 1.82) is 11.1 Å². The second-order valence-corrected chi connectivity index (χ2v) is 2.52. The van der Waals surface area contributed by atoms with Gasteiger partial charge in [0.05, 0.1) is 18.1 Å². The largest absolute Gasteiger partial charge is 0.382 e. The van der Waals surface area contributed by atoms with Gasteiger partial charge in [-0.05, 0) is 5.92 Å². The van der Waals surface area contributed by atoms with Crippen molar-refractivity contribution in [3.63, 3.8) is 0 Å². The van der Waals surface area contributed by atoms with Gasteiger partial charge in [0.2, 0.25) is 0 Å². The Morgan fingerprint density at radius 3 is 1.93 bits per heavy atom. The summed E-state index contributed by atoms with van der Waals surface area (Å²) in [6, 6.07) is 0. The maximum atomic E-state index is 5.35. The average Bonchev–Trinajstić information content (AvgIpc) is 2.24. The number of hydrogen-bond acceptors (Lipinski definition) is 5. The summed E-state index contributed by atoms with van der Waals surface area (Å²) in [5.41, 5.74) is 16.3. The molecule has 0 spiro atoms. The molecule has 0 fully saturated rings. The Bertz CT molecular complexity index is 219. The van der Waals surface area contributed by atoms with Gasteiger partial charge >= 0.3 is 0 Å². The summed E-state index contributed by atoms with van der Waals surface area (Å²) in [4.78, 5) is 8.01. The second kappa shape index (κ2) is 9.57. The molecule has 5 heteroatoms. The normalized spacial score (nSPS) is 8.07. The van der Waals surface area contributed by atoms with E-state index in [1.165, 1.54) is 0 Å². The third-order valence-electron chi connectivity index (χ3n) is 1.28. The Morgan fingerprint density at radius 1 is 1.14 bits per heavy atom. The Balaban J connectivity index is 0. The third kappa shape index (κ3) is 6.05. The van der Waals surface area contributed by atoms with Crippen molar-refractivity contribution in [1.82, 2.24) is 9.97 Å². The Hall–Kier alpha value is -1.52. The van der Waals surface area contributed by atoms with Crippen LogP contribution < -0.4 is 5.73 Å². The zero-order valence-corrected chi connectivity index (χ0v) is 9.20. The highest BCUT2D eigenvalue weighted by atomic mass is 14.9. The summed E-state index contributed by atoms with van der Waals surface area (Å²) in [5, 5.41) is 0. The minimum atomic E-state index is 0.424. The summed E-state index contributed by atoms with van der Waals surface area (Å²) in [5.74, 6) is 0.900. The second-order valence-electron chi connectivity index (χ2n) is 2.52. The van der Waals surface area contributed by atoms with E-state index < -0.39 is 0 Å². The van der Waals surface area contributed by atoms with Gasteiger partial charge in [0.25, 0.3) is 0 Å². The first kappa shape index (κ1) is 15.0. The van der Waals surface area contributed by atoms with Gasteiger partial charge in [-0.15, -0.1) is 0 Å². The molecule has 0 saturated carbocycles. The fraction of sp³-hybridized carbons (Fsp3) is 0.556. The van der Waals surface area contributed by atoms with Gasteiger partial charge in [-0.25, -0.2) is 16.0 Å². The van der Waals surface area contributed by atoms with Crippen LogP contribution in [0.3, 0.4) is 0 Å². The first-order valence-electron chi connectivity index (χ1n) is 4.52. The monoisotopic (exact) mass is 197 g/mol. The van der Waals surface area contributed by atoms with Crippen LogP contribution in [0, 0.1) is 11.1 Å². The van der Waals surface area contributed by atoms with Crippen LogP contribution in [-0.2, 0) is 0 Å². The lowest BCUT2D eigenvalue weighted by Crippen LogP contribution is -1.96. The quantitative estimate of drug-likeness (QED) is 0.603. The van der Waals surface area contributed by atoms with E-state index in [1.54, 1.807) is 12.4 Å². The number of nitrogens with two attached hydrogens (primary N) is 1. The van der Waals surface area contributed by atoms with Gasteiger partial charge in [-0.3, -0.25) is 4.98 Å². The molecule has 0 atom stereocenters. The van der Waals surface area contributed by atoms with Gasteiger partial charge in [0.1, 0.15) is 5.82 Å². The van der Waals surface area contributed by atoms with Crippen LogP contribution in [0.25, 0.3) is 0 Å². The lowest BCUT2D eigenvalue weighted by molar-refractivity contribution is 0.813. The number of aromatic nitrogens is 2. The molecule has 5 nitrogen and oxygen atoms in total. The molecule has 0 bridgehead atoms. The predicted octanol–water partition coefficient (Wildman–Crippen LogP) is 2.80. The summed E-state index contributed by atoms with van der Waals surface area (Å²) < 4.78 is 0. The van der Waals surface area contributed by atoms with E-state index in [4.69, 9.17) is 16.8 Å². The molecular formula is C9H19N5. The van der Waals surface area contributed by atoms with Crippen LogP contribution in [0.5, 0.6) is 0 Å². The lowest BCUT2D eigenvalue weighted by Gasteiger charge is -2.01. The van der Waals surface area contributed by atoms with Crippen molar-refractivity contribution < 1.29 is 0 Å². The maximum absolute atomic E-state index is 5.35. The van der Waals surface area contributed by atoms with Gasteiger partial charge in [0, 0.05) is 0 Å². The number of nitrogens with zero attached hydrogens (tertiary/aromatic N) is 2. The fourth-order valence-corrected chi connectivity index (χ4v) is 0.646. The Kier molecular flexibility index (Phi) is 10.2. The molecule has 0 unspecified atom stereocenters. The predicted molar refractivity (Wildman–Crippen MR) is 57.3 cm³/mol. The van der Waals surface area contributed by atoms with Crippen LogP contribution in [0.4, 0.5) is 5.82 Å². The highest BCUT2D eigenvalue weighted by Crippen LogP contribution is 2.08. The van der Waals surface area contributed by atoms with Gasteiger partial charge < -0.3 is 5.73 Å². The number of anilines is 1. The molecule has 1 aromatic rings. The van der Waals surface area contributed by atoms with Crippen molar-refractivity contribution in [3.8, 4) is 0 Å². The molecule has 0 aliphatic rings. The van der Waals surface area contributed by atoms with E-state index in [1.807, 2.05) is 13.8 Å². The number of rotatable bonds is 1. The van der Waals surface area contributed by atoms with Crippen molar-refractivity contribution in [2.45, 2.75) is 33.6 Å². The molecular weight excluding hydrogens is 178 g/mol. The Morgan fingerprint density at radius 2 is 1.64 bits per heavy atom. The molecule has 0 amide bonds. The Labute approximate surface area is 85.1 Å². The van der Waals surface area contributed by atoms with Crippen molar-refractivity contribution in [3.05, 3.63) is 18.1 Å². The first-order valence-corrected chi connectivity index (χ1v) is 4.52.